The van der Waals surface area contributed by atoms with E-state index in [0.717, 1.165) is 35.1 Å². The van der Waals surface area contributed by atoms with Gasteiger partial charge in [-0.2, -0.15) is 0 Å². The molecule has 0 saturated heterocycles. The van der Waals surface area contributed by atoms with Crippen molar-refractivity contribution in [3.63, 3.8) is 0 Å². The molecule has 1 aromatic heterocycles. The van der Waals surface area contributed by atoms with Crippen LogP contribution < -0.4 is 0 Å². The molecule has 0 fully saturated rings. The fourth-order valence-electron chi connectivity index (χ4n) is 1.85. The standard InChI is InChI=1S/C16H14ClNO3/c17-14-4-2-1-3-12(14)7-5-11-6-8-13(18-10-11)9-15(19)16(20)21/h1-4,6,8-10,19H,5,7H2,(H,20,21)/b15-9-. The number of rotatable bonds is 5. The zero-order valence-corrected chi connectivity index (χ0v) is 11.9. The highest BCUT2D eigenvalue weighted by Crippen LogP contribution is 2.17. The van der Waals surface area contributed by atoms with E-state index in [1.54, 1.807) is 12.3 Å². The summed E-state index contributed by atoms with van der Waals surface area (Å²) in [4.78, 5) is 14.6. The molecule has 108 valence electrons. The van der Waals surface area contributed by atoms with E-state index in [1.807, 2.05) is 30.3 Å². The first kappa shape index (κ1) is 15.1. The number of nitrogens with zero attached hydrogens (tertiary/aromatic N) is 1. The van der Waals surface area contributed by atoms with E-state index in [4.69, 9.17) is 21.8 Å². The lowest BCUT2D eigenvalue weighted by Crippen LogP contribution is -1.99. The Labute approximate surface area is 127 Å². The molecule has 4 nitrogen and oxygen atoms in total. The van der Waals surface area contributed by atoms with Crippen molar-refractivity contribution < 1.29 is 15.0 Å². The zero-order chi connectivity index (χ0) is 15.2. The molecule has 2 rings (SSSR count). The predicted octanol–water partition coefficient (Wildman–Crippen LogP) is 3.50. The molecule has 1 heterocycles. The van der Waals surface area contributed by atoms with Crippen molar-refractivity contribution in [2.45, 2.75) is 12.8 Å². The van der Waals surface area contributed by atoms with E-state index in [0.29, 0.717) is 5.69 Å². The van der Waals surface area contributed by atoms with Gasteiger partial charge in [0.15, 0.2) is 0 Å². The number of carboxylic acid groups (broad SMARTS) is 1. The van der Waals surface area contributed by atoms with Gasteiger partial charge in [0.2, 0.25) is 5.76 Å². The summed E-state index contributed by atoms with van der Waals surface area (Å²) in [5.74, 6) is -2.11. The number of carboxylic acids is 1. The van der Waals surface area contributed by atoms with Gasteiger partial charge in [0, 0.05) is 17.3 Å². The van der Waals surface area contributed by atoms with Gasteiger partial charge in [-0.1, -0.05) is 35.9 Å². The minimum Gasteiger partial charge on any atom is -0.502 e. The first-order chi connectivity index (χ1) is 10.1. The van der Waals surface area contributed by atoms with Crippen LogP contribution in [0.4, 0.5) is 0 Å². The molecule has 2 aromatic rings. The highest BCUT2D eigenvalue weighted by Gasteiger charge is 2.04. The quantitative estimate of drug-likeness (QED) is 0.655. The molecule has 0 atom stereocenters. The Morgan fingerprint density at radius 1 is 1.14 bits per heavy atom. The number of halogens is 1. The van der Waals surface area contributed by atoms with Crippen LogP contribution in [0.1, 0.15) is 16.8 Å². The first-order valence-corrected chi connectivity index (χ1v) is 6.76. The van der Waals surface area contributed by atoms with E-state index in [-0.39, 0.29) is 0 Å². The van der Waals surface area contributed by atoms with Gasteiger partial charge >= 0.3 is 5.97 Å². The molecule has 0 aliphatic rings. The van der Waals surface area contributed by atoms with Crippen molar-refractivity contribution >= 4 is 23.6 Å². The number of hydrogen-bond donors (Lipinski definition) is 2. The lowest BCUT2D eigenvalue weighted by molar-refractivity contribution is -0.135. The molecule has 0 radical (unpaired) electrons. The number of aliphatic carboxylic acids is 1. The molecule has 0 unspecified atom stereocenters. The number of aliphatic hydroxyl groups excluding tert-OH is 1. The third-order valence-corrected chi connectivity index (χ3v) is 3.36. The van der Waals surface area contributed by atoms with Crippen molar-refractivity contribution in [2.24, 2.45) is 0 Å². The predicted molar refractivity (Wildman–Crippen MR) is 81.3 cm³/mol. The summed E-state index contributed by atoms with van der Waals surface area (Å²) in [7, 11) is 0. The van der Waals surface area contributed by atoms with Gasteiger partial charge in [-0.3, -0.25) is 4.98 Å². The number of aliphatic hydroxyl groups is 1. The Balaban J connectivity index is 2.02. The second-order valence-corrected chi connectivity index (χ2v) is 4.92. The van der Waals surface area contributed by atoms with Crippen molar-refractivity contribution in [1.29, 1.82) is 0 Å². The van der Waals surface area contributed by atoms with Crippen LogP contribution in [0.5, 0.6) is 0 Å². The Kier molecular flexibility index (Phi) is 4.95. The van der Waals surface area contributed by atoms with Crippen LogP contribution in [0.25, 0.3) is 6.08 Å². The minimum atomic E-state index is -1.38. The van der Waals surface area contributed by atoms with Gasteiger partial charge < -0.3 is 10.2 Å². The van der Waals surface area contributed by atoms with Crippen LogP contribution in [-0.2, 0) is 17.6 Å². The maximum atomic E-state index is 10.5. The largest absolute Gasteiger partial charge is 0.502 e. The average molecular weight is 304 g/mol. The molecule has 5 heteroatoms. The van der Waals surface area contributed by atoms with Crippen LogP contribution >= 0.6 is 11.6 Å². The van der Waals surface area contributed by atoms with E-state index >= 15 is 0 Å². The number of pyridine rings is 1. The van der Waals surface area contributed by atoms with E-state index < -0.39 is 11.7 Å². The van der Waals surface area contributed by atoms with E-state index in [2.05, 4.69) is 4.98 Å². The van der Waals surface area contributed by atoms with Gasteiger partial charge in [-0.05, 0) is 36.1 Å². The summed E-state index contributed by atoms with van der Waals surface area (Å²) >= 11 is 6.10. The Bertz CT molecular complexity index is 665. The lowest BCUT2D eigenvalue weighted by atomic mass is 10.1. The molecule has 0 bridgehead atoms. The SMILES string of the molecule is O=C(O)/C(O)=C/c1ccc(CCc2ccccc2Cl)cn1. The maximum absolute atomic E-state index is 10.5. The van der Waals surface area contributed by atoms with Crippen molar-refractivity contribution in [1.82, 2.24) is 4.98 Å². The van der Waals surface area contributed by atoms with Crippen molar-refractivity contribution in [3.05, 3.63) is 70.2 Å². The molecular weight excluding hydrogens is 290 g/mol. The molecule has 0 aliphatic carbocycles. The van der Waals surface area contributed by atoms with Crippen molar-refractivity contribution in [3.8, 4) is 0 Å². The molecule has 0 saturated carbocycles. The maximum Gasteiger partial charge on any atom is 0.371 e. The lowest BCUT2D eigenvalue weighted by Gasteiger charge is -2.04. The molecule has 0 amide bonds. The summed E-state index contributed by atoms with van der Waals surface area (Å²) < 4.78 is 0. The average Bonchev–Trinajstić information content (AvgIpc) is 2.48. The highest BCUT2D eigenvalue weighted by atomic mass is 35.5. The summed E-state index contributed by atoms with van der Waals surface area (Å²) in [5.41, 5.74) is 2.49. The second-order valence-electron chi connectivity index (χ2n) is 4.52. The van der Waals surface area contributed by atoms with Crippen LogP contribution in [0, 0.1) is 0 Å². The second kappa shape index (κ2) is 6.90. The van der Waals surface area contributed by atoms with Gasteiger partial charge in [0.1, 0.15) is 0 Å². The van der Waals surface area contributed by atoms with Gasteiger partial charge in [-0.25, -0.2) is 4.79 Å². The van der Waals surface area contributed by atoms with Gasteiger partial charge in [-0.15, -0.1) is 0 Å². The van der Waals surface area contributed by atoms with Crippen LogP contribution in [0.2, 0.25) is 5.02 Å². The molecule has 21 heavy (non-hydrogen) atoms. The van der Waals surface area contributed by atoms with Gasteiger partial charge in [0.05, 0.1) is 5.69 Å². The monoisotopic (exact) mass is 303 g/mol. The molecule has 2 N–H and O–H groups in total. The van der Waals surface area contributed by atoms with Crippen LogP contribution in [-0.4, -0.2) is 21.2 Å². The first-order valence-electron chi connectivity index (χ1n) is 6.38. The zero-order valence-electron chi connectivity index (χ0n) is 11.2. The number of hydrogen-bond acceptors (Lipinski definition) is 3. The molecule has 0 spiro atoms. The smallest absolute Gasteiger partial charge is 0.371 e. The fraction of sp³-hybridized carbons (Fsp3) is 0.125. The number of aromatic nitrogens is 1. The normalized spacial score (nSPS) is 11.4. The topological polar surface area (TPSA) is 70.4 Å². The third-order valence-electron chi connectivity index (χ3n) is 2.99. The number of benzene rings is 1. The fourth-order valence-corrected chi connectivity index (χ4v) is 2.08. The van der Waals surface area contributed by atoms with E-state index in [1.165, 1.54) is 0 Å². The highest BCUT2D eigenvalue weighted by molar-refractivity contribution is 6.31. The van der Waals surface area contributed by atoms with E-state index in [9.17, 15) is 4.79 Å². The summed E-state index contributed by atoms with van der Waals surface area (Å²) in [6, 6.07) is 11.2. The summed E-state index contributed by atoms with van der Waals surface area (Å²) in [5, 5.41) is 18.5. The summed E-state index contributed by atoms with van der Waals surface area (Å²) in [6.45, 7) is 0. The van der Waals surface area contributed by atoms with Gasteiger partial charge in [0.25, 0.3) is 0 Å². The Morgan fingerprint density at radius 3 is 2.52 bits per heavy atom. The van der Waals surface area contributed by atoms with Crippen LogP contribution in [0.15, 0.2) is 48.4 Å². The summed E-state index contributed by atoms with van der Waals surface area (Å²) in [6.07, 6.45) is 4.36. The Morgan fingerprint density at radius 2 is 1.90 bits per heavy atom. The van der Waals surface area contributed by atoms with Crippen LogP contribution in [0.3, 0.4) is 0 Å². The Hall–Kier alpha value is -2.33. The molecular formula is C16H14ClNO3. The third kappa shape index (κ3) is 4.33. The molecule has 0 aliphatic heterocycles. The number of aryl methyl sites for hydroxylation is 2. The van der Waals surface area contributed by atoms with Crippen molar-refractivity contribution in [2.75, 3.05) is 0 Å². The number of carbonyl (C=O) groups is 1. The molecule has 1 aromatic carbocycles. The minimum absolute atomic E-state index is 0.399.